The van der Waals surface area contributed by atoms with E-state index in [4.69, 9.17) is 17.0 Å². The van der Waals surface area contributed by atoms with Gasteiger partial charge in [-0.15, -0.1) is 0 Å². The first-order valence-corrected chi connectivity index (χ1v) is 10.3. The molecule has 8 heteroatoms. The molecule has 30 heavy (non-hydrogen) atoms. The predicted molar refractivity (Wildman–Crippen MR) is 114 cm³/mol. The summed E-state index contributed by atoms with van der Waals surface area (Å²) in [6, 6.07) is 14.1. The van der Waals surface area contributed by atoms with Crippen LogP contribution in [0.15, 0.2) is 48.5 Å². The Morgan fingerprint density at radius 2 is 1.93 bits per heavy atom. The summed E-state index contributed by atoms with van der Waals surface area (Å²) in [4.78, 5) is 14.9. The molecule has 3 aromatic rings. The fourth-order valence-corrected chi connectivity index (χ4v) is 3.65. The highest BCUT2D eigenvalue weighted by Crippen LogP contribution is 2.29. The number of hydrogen-bond acceptors (Lipinski definition) is 4. The van der Waals surface area contributed by atoms with E-state index in [1.807, 2.05) is 33.7 Å². The van der Waals surface area contributed by atoms with Gasteiger partial charge < -0.3 is 9.64 Å². The van der Waals surface area contributed by atoms with E-state index in [1.54, 1.807) is 19.2 Å². The topological polar surface area (TPSA) is 63.1 Å². The van der Waals surface area contributed by atoms with Crippen LogP contribution in [0.3, 0.4) is 0 Å². The zero-order valence-corrected chi connectivity index (χ0v) is 17.5. The quantitative estimate of drug-likeness (QED) is 0.545. The van der Waals surface area contributed by atoms with Gasteiger partial charge >= 0.3 is 0 Å². The number of hydrogen-bond donors (Lipinski definition) is 1. The lowest BCUT2D eigenvalue weighted by molar-refractivity contribution is -0.132. The van der Waals surface area contributed by atoms with Gasteiger partial charge in [0, 0.05) is 31.1 Å². The van der Waals surface area contributed by atoms with E-state index >= 15 is 0 Å². The van der Waals surface area contributed by atoms with Crippen molar-refractivity contribution in [3.8, 4) is 17.1 Å². The number of carbonyl (C=O) groups excluding carboxylic acids is 1. The Hall–Kier alpha value is -3.00. The van der Waals surface area contributed by atoms with Gasteiger partial charge in [0.25, 0.3) is 0 Å². The fraction of sp³-hybridized carbons (Fsp3) is 0.318. The van der Waals surface area contributed by atoms with Crippen molar-refractivity contribution in [3.05, 3.63) is 64.7 Å². The summed E-state index contributed by atoms with van der Waals surface area (Å²) in [5.74, 6) is 1.23. The Morgan fingerprint density at radius 1 is 1.23 bits per heavy atom. The number of halogens is 1. The van der Waals surface area contributed by atoms with Crippen LogP contribution in [0.1, 0.15) is 24.8 Å². The van der Waals surface area contributed by atoms with Crippen LogP contribution in [0.5, 0.6) is 5.75 Å². The van der Waals surface area contributed by atoms with Crippen LogP contribution in [0.25, 0.3) is 11.4 Å². The van der Waals surface area contributed by atoms with Crippen molar-refractivity contribution in [1.82, 2.24) is 19.7 Å². The summed E-state index contributed by atoms with van der Waals surface area (Å²) in [5.41, 5.74) is 1.82. The molecule has 0 atom stereocenters. The fourth-order valence-electron chi connectivity index (χ4n) is 3.43. The van der Waals surface area contributed by atoms with Gasteiger partial charge in [0.1, 0.15) is 11.6 Å². The Bertz CT molecular complexity index is 1070. The molecule has 0 radical (unpaired) electrons. The summed E-state index contributed by atoms with van der Waals surface area (Å²) in [7, 11) is 1.62. The van der Waals surface area contributed by atoms with E-state index in [0.717, 1.165) is 29.7 Å². The second-order valence-electron chi connectivity index (χ2n) is 7.36. The van der Waals surface area contributed by atoms with Crippen LogP contribution in [-0.4, -0.2) is 38.7 Å². The van der Waals surface area contributed by atoms with Gasteiger partial charge in [-0.3, -0.25) is 14.5 Å². The maximum absolute atomic E-state index is 13.2. The molecule has 1 aliphatic carbocycles. The normalized spacial score (nSPS) is 13.3. The highest BCUT2D eigenvalue weighted by Gasteiger charge is 2.32. The summed E-state index contributed by atoms with van der Waals surface area (Å²) in [6.07, 6.45) is 2.33. The standard InChI is InChI=1S/C22H23FN4O2S/c1-29-19-10-4-16(5-11-19)21-24-25-22(30)26(21)13-12-20(28)27(18-8-9-18)14-15-2-6-17(23)7-3-15/h2-7,10-11,18H,8-9,12-14H2,1H3,(H,25,30). The average molecular weight is 427 g/mol. The van der Waals surface area contributed by atoms with Crippen molar-refractivity contribution in [1.29, 1.82) is 0 Å². The molecule has 1 amide bonds. The number of aromatic nitrogens is 3. The first-order chi connectivity index (χ1) is 14.5. The van der Waals surface area contributed by atoms with Crippen LogP contribution < -0.4 is 4.74 Å². The summed E-state index contributed by atoms with van der Waals surface area (Å²) < 4.78 is 20.7. The van der Waals surface area contributed by atoms with Crippen molar-refractivity contribution in [2.45, 2.75) is 38.4 Å². The van der Waals surface area contributed by atoms with Gasteiger partial charge in [0.15, 0.2) is 10.6 Å². The average Bonchev–Trinajstić information content (AvgIpc) is 3.54. The van der Waals surface area contributed by atoms with Gasteiger partial charge in [-0.25, -0.2) is 4.39 Å². The van der Waals surface area contributed by atoms with Gasteiger partial charge in [-0.1, -0.05) is 12.1 Å². The first-order valence-electron chi connectivity index (χ1n) is 9.88. The van der Waals surface area contributed by atoms with Gasteiger partial charge in [0.2, 0.25) is 5.91 Å². The molecule has 6 nitrogen and oxygen atoms in total. The number of rotatable bonds is 8. The lowest BCUT2D eigenvalue weighted by Crippen LogP contribution is -2.33. The van der Waals surface area contributed by atoms with Crippen LogP contribution in [0, 0.1) is 10.6 Å². The molecular formula is C22H23FN4O2S. The van der Waals surface area contributed by atoms with Crippen molar-refractivity contribution in [2.24, 2.45) is 0 Å². The Kier molecular flexibility index (Phi) is 5.94. The number of amides is 1. The molecule has 2 aromatic carbocycles. The smallest absolute Gasteiger partial charge is 0.224 e. The second kappa shape index (κ2) is 8.79. The maximum atomic E-state index is 13.2. The number of methoxy groups -OCH3 is 1. The highest BCUT2D eigenvalue weighted by molar-refractivity contribution is 7.71. The largest absolute Gasteiger partial charge is 0.497 e. The Balaban J connectivity index is 1.46. The number of aromatic amines is 1. The van der Waals surface area contributed by atoms with Crippen LogP contribution in [0.2, 0.25) is 0 Å². The summed E-state index contributed by atoms with van der Waals surface area (Å²) >= 11 is 5.38. The molecule has 156 valence electrons. The highest BCUT2D eigenvalue weighted by atomic mass is 32.1. The lowest BCUT2D eigenvalue weighted by atomic mass is 10.2. The molecule has 0 saturated heterocycles. The van der Waals surface area contributed by atoms with Crippen LogP contribution in [-0.2, 0) is 17.9 Å². The van der Waals surface area contributed by atoms with Crippen LogP contribution in [0.4, 0.5) is 4.39 Å². The Labute approximate surface area is 179 Å². The molecule has 4 rings (SSSR count). The lowest BCUT2D eigenvalue weighted by Gasteiger charge is -2.23. The van der Waals surface area contributed by atoms with E-state index in [9.17, 15) is 9.18 Å². The molecule has 1 heterocycles. The molecule has 1 aliphatic rings. The minimum absolute atomic E-state index is 0.0607. The van der Waals surface area contributed by atoms with E-state index in [-0.39, 0.29) is 17.8 Å². The summed E-state index contributed by atoms with van der Waals surface area (Å²) in [6.45, 7) is 0.925. The third kappa shape index (κ3) is 4.59. The van der Waals surface area contributed by atoms with Crippen LogP contribution >= 0.6 is 12.2 Å². The number of H-pyrrole nitrogens is 1. The SMILES string of the molecule is COc1ccc(-c2n[nH]c(=S)n2CCC(=O)N(Cc2ccc(F)cc2)C2CC2)cc1. The van der Waals surface area contributed by atoms with Crippen molar-refractivity contribution >= 4 is 18.1 Å². The summed E-state index contributed by atoms with van der Waals surface area (Å²) in [5, 5.41) is 7.15. The van der Waals surface area contributed by atoms with E-state index in [2.05, 4.69) is 10.2 Å². The maximum Gasteiger partial charge on any atom is 0.224 e. The van der Waals surface area contributed by atoms with Crippen molar-refractivity contribution in [3.63, 3.8) is 0 Å². The third-order valence-corrected chi connectivity index (χ3v) is 5.54. The van der Waals surface area contributed by atoms with Crippen molar-refractivity contribution < 1.29 is 13.9 Å². The molecule has 1 fully saturated rings. The van der Waals surface area contributed by atoms with Gasteiger partial charge in [0.05, 0.1) is 7.11 Å². The molecule has 0 bridgehead atoms. The zero-order chi connectivity index (χ0) is 21.1. The van der Waals surface area contributed by atoms with E-state index in [1.165, 1.54) is 12.1 Å². The monoisotopic (exact) mass is 426 g/mol. The molecule has 1 saturated carbocycles. The zero-order valence-electron chi connectivity index (χ0n) is 16.7. The molecule has 0 aliphatic heterocycles. The first kappa shape index (κ1) is 20.3. The van der Waals surface area contributed by atoms with Gasteiger partial charge in [-0.05, 0) is 67.0 Å². The number of carbonyl (C=O) groups is 1. The third-order valence-electron chi connectivity index (χ3n) is 5.23. The molecule has 1 N–H and O–H groups in total. The van der Waals surface area contributed by atoms with Crippen molar-refractivity contribution in [2.75, 3.05) is 7.11 Å². The van der Waals surface area contributed by atoms with E-state index in [0.29, 0.717) is 30.1 Å². The molecule has 1 aromatic heterocycles. The minimum atomic E-state index is -0.275. The molecule has 0 spiro atoms. The number of nitrogens with one attached hydrogen (secondary N) is 1. The number of benzene rings is 2. The molecule has 0 unspecified atom stereocenters. The minimum Gasteiger partial charge on any atom is -0.497 e. The Morgan fingerprint density at radius 3 is 2.57 bits per heavy atom. The number of ether oxygens (including phenoxy) is 1. The van der Waals surface area contributed by atoms with Gasteiger partial charge in [-0.2, -0.15) is 5.10 Å². The van der Waals surface area contributed by atoms with E-state index < -0.39 is 0 Å². The molecular weight excluding hydrogens is 403 g/mol. The second-order valence-corrected chi connectivity index (χ2v) is 7.75. The number of nitrogens with zero attached hydrogens (tertiary/aromatic N) is 3. The predicted octanol–water partition coefficient (Wildman–Crippen LogP) is 4.34.